The van der Waals surface area contributed by atoms with Crippen LogP contribution in [0.4, 0.5) is 23.9 Å². The molecular formula is C22H24F3N3O5S. The minimum absolute atomic E-state index is 0.0154. The number of rotatable bonds is 6. The van der Waals surface area contributed by atoms with Gasteiger partial charge in [-0.1, -0.05) is 6.07 Å². The summed E-state index contributed by atoms with van der Waals surface area (Å²) >= 11 is 0.928. The van der Waals surface area contributed by atoms with Gasteiger partial charge >= 0.3 is 18.1 Å². The van der Waals surface area contributed by atoms with E-state index < -0.39 is 29.6 Å². The molecule has 0 aliphatic carbocycles. The fourth-order valence-electron chi connectivity index (χ4n) is 3.65. The number of alkyl halides is 3. The summed E-state index contributed by atoms with van der Waals surface area (Å²) in [5, 5.41) is 2.86. The van der Waals surface area contributed by atoms with Crippen molar-refractivity contribution in [3.63, 3.8) is 0 Å². The number of hydrogen-bond donors (Lipinski definition) is 1. The molecule has 1 aromatic heterocycles. The maximum absolute atomic E-state index is 13.0. The third kappa shape index (κ3) is 5.68. The van der Waals surface area contributed by atoms with Gasteiger partial charge < -0.3 is 19.7 Å². The summed E-state index contributed by atoms with van der Waals surface area (Å²) in [6.45, 7) is 3.41. The number of nitrogens with zero attached hydrogens (tertiary/aromatic N) is 2. The summed E-state index contributed by atoms with van der Waals surface area (Å²) in [4.78, 5) is 40.7. The average Bonchev–Trinajstić information content (AvgIpc) is 3.13. The van der Waals surface area contributed by atoms with Gasteiger partial charge in [-0.15, -0.1) is 11.3 Å². The third-order valence-electron chi connectivity index (χ3n) is 5.44. The average molecular weight is 500 g/mol. The summed E-state index contributed by atoms with van der Waals surface area (Å²) in [7, 11) is 2.42. The Balaban J connectivity index is 1.63. The first-order valence-electron chi connectivity index (χ1n) is 10.3. The van der Waals surface area contributed by atoms with Gasteiger partial charge in [-0.3, -0.25) is 9.69 Å². The van der Waals surface area contributed by atoms with E-state index in [4.69, 9.17) is 9.47 Å². The SMILES string of the molecule is COC(=O)c1sc(NC(=O)CN2CCN(c3cccc(C(F)(F)F)c3)CC2)c(C(=O)OC)c1C. The fourth-order valence-corrected chi connectivity index (χ4v) is 4.78. The van der Waals surface area contributed by atoms with Crippen molar-refractivity contribution in [3.05, 3.63) is 45.8 Å². The molecule has 8 nitrogen and oxygen atoms in total. The molecule has 1 aliphatic rings. The highest BCUT2D eigenvalue weighted by atomic mass is 32.1. The van der Waals surface area contributed by atoms with E-state index in [0.29, 0.717) is 37.4 Å². The summed E-state index contributed by atoms with van der Waals surface area (Å²) in [5.41, 5.74) is 0.223. The molecule has 12 heteroatoms. The highest BCUT2D eigenvalue weighted by molar-refractivity contribution is 7.18. The van der Waals surface area contributed by atoms with Gasteiger partial charge in [0.05, 0.1) is 31.9 Å². The molecule has 0 unspecified atom stereocenters. The molecule has 3 rings (SSSR count). The van der Waals surface area contributed by atoms with Gasteiger partial charge in [0, 0.05) is 31.9 Å². The molecule has 2 heterocycles. The Labute approximate surface area is 198 Å². The molecule has 1 saturated heterocycles. The summed E-state index contributed by atoms with van der Waals surface area (Å²) in [5.74, 6) is -1.71. The second kappa shape index (κ2) is 10.4. The predicted molar refractivity (Wildman–Crippen MR) is 120 cm³/mol. The Morgan fingerprint density at radius 2 is 1.71 bits per heavy atom. The van der Waals surface area contributed by atoms with Crippen LogP contribution in [0.3, 0.4) is 0 Å². The number of thiophene rings is 1. The van der Waals surface area contributed by atoms with Gasteiger partial charge in [0.1, 0.15) is 9.88 Å². The van der Waals surface area contributed by atoms with Gasteiger partial charge in [0.2, 0.25) is 5.91 Å². The number of carbonyl (C=O) groups excluding carboxylic acids is 3. The van der Waals surface area contributed by atoms with Gasteiger partial charge in [-0.05, 0) is 30.7 Å². The maximum Gasteiger partial charge on any atom is 0.416 e. The number of carbonyl (C=O) groups is 3. The zero-order valence-electron chi connectivity index (χ0n) is 18.8. The molecule has 0 spiro atoms. The summed E-state index contributed by atoms with van der Waals surface area (Å²) < 4.78 is 48.5. The van der Waals surface area contributed by atoms with Gasteiger partial charge in [-0.2, -0.15) is 13.2 Å². The van der Waals surface area contributed by atoms with Crippen LogP contribution in [0.25, 0.3) is 0 Å². The number of piperazine rings is 1. The van der Waals surface area contributed by atoms with Crippen LogP contribution in [-0.4, -0.2) is 69.7 Å². The zero-order valence-corrected chi connectivity index (χ0v) is 19.6. The largest absolute Gasteiger partial charge is 0.465 e. The van der Waals surface area contributed by atoms with Gasteiger partial charge in [0.25, 0.3) is 0 Å². The van der Waals surface area contributed by atoms with Crippen LogP contribution < -0.4 is 10.2 Å². The normalized spacial score (nSPS) is 14.6. The summed E-state index contributed by atoms with van der Waals surface area (Å²) in [6, 6.07) is 5.16. The lowest BCUT2D eigenvalue weighted by Gasteiger charge is -2.35. The first-order chi connectivity index (χ1) is 16.0. The molecule has 1 aliphatic heterocycles. The van der Waals surface area contributed by atoms with E-state index in [1.807, 2.05) is 9.80 Å². The first-order valence-corrected chi connectivity index (χ1v) is 11.1. The highest BCUT2D eigenvalue weighted by Crippen LogP contribution is 2.34. The molecule has 1 fully saturated rings. The van der Waals surface area contributed by atoms with Crippen LogP contribution in [0, 0.1) is 6.92 Å². The van der Waals surface area contributed by atoms with E-state index in [2.05, 4.69) is 5.32 Å². The van der Waals surface area contributed by atoms with Crippen LogP contribution in [-0.2, 0) is 20.4 Å². The smallest absolute Gasteiger partial charge is 0.416 e. The Morgan fingerprint density at radius 3 is 2.29 bits per heavy atom. The molecule has 0 bridgehead atoms. The number of nitrogens with one attached hydrogen (secondary N) is 1. The number of benzene rings is 1. The molecule has 1 N–H and O–H groups in total. The zero-order chi connectivity index (χ0) is 25.0. The second-order valence-electron chi connectivity index (χ2n) is 7.60. The van der Waals surface area contributed by atoms with E-state index in [1.54, 1.807) is 13.0 Å². The lowest BCUT2D eigenvalue weighted by atomic mass is 10.1. The number of esters is 2. The van der Waals surface area contributed by atoms with Crippen molar-refractivity contribution >= 4 is 39.9 Å². The first kappa shape index (κ1) is 25.5. The van der Waals surface area contributed by atoms with Crippen molar-refractivity contribution < 1.29 is 37.0 Å². The van der Waals surface area contributed by atoms with Crippen molar-refractivity contribution in [3.8, 4) is 0 Å². The lowest BCUT2D eigenvalue weighted by molar-refractivity contribution is -0.137. The molecule has 1 amide bonds. The minimum atomic E-state index is -4.41. The minimum Gasteiger partial charge on any atom is -0.465 e. The standard InChI is InChI=1S/C22H24F3N3O5S/c1-13-17(20(30)32-2)19(34-18(13)21(31)33-3)26-16(29)12-27-7-9-28(10-8-27)15-6-4-5-14(11-15)22(23,24)25/h4-6,11H,7-10,12H2,1-3H3,(H,26,29). The van der Waals surface area contributed by atoms with E-state index in [9.17, 15) is 27.6 Å². The van der Waals surface area contributed by atoms with Crippen molar-refractivity contribution in [2.75, 3.05) is 57.2 Å². The van der Waals surface area contributed by atoms with E-state index in [1.165, 1.54) is 20.3 Å². The number of amides is 1. The topological polar surface area (TPSA) is 88.2 Å². The van der Waals surface area contributed by atoms with Crippen molar-refractivity contribution in [2.45, 2.75) is 13.1 Å². The molecule has 2 aromatic rings. The lowest BCUT2D eigenvalue weighted by Crippen LogP contribution is -2.48. The van der Waals surface area contributed by atoms with Crippen LogP contribution in [0.15, 0.2) is 24.3 Å². The monoisotopic (exact) mass is 499 g/mol. The van der Waals surface area contributed by atoms with E-state index in [0.717, 1.165) is 23.5 Å². The second-order valence-corrected chi connectivity index (χ2v) is 8.62. The molecule has 184 valence electrons. The predicted octanol–water partition coefficient (Wildman–Crippen LogP) is 3.41. The maximum atomic E-state index is 13.0. The van der Waals surface area contributed by atoms with Crippen molar-refractivity contribution in [1.29, 1.82) is 0 Å². The Bertz CT molecular complexity index is 1080. The number of hydrogen-bond acceptors (Lipinski definition) is 8. The Kier molecular flexibility index (Phi) is 7.82. The molecule has 0 atom stereocenters. The highest BCUT2D eigenvalue weighted by Gasteiger charge is 2.31. The quantitative estimate of drug-likeness (QED) is 0.610. The fraction of sp³-hybridized carbons (Fsp3) is 0.409. The van der Waals surface area contributed by atoms with Crippen LogP contribution in [0.1, 0.15) is 31.2 Å². The van der Waals surface area contributed by atoms with Crippen molar-refractivity contribution in [1.82, 2.24) is 4.90 Å². The van der Waals surface area contributed by atoms with Crippen LogP contribution in [0.2, 0.25) is 0 Å². The molecule has 0 saturated carbocycles. The molecule has 1 aromatic carbocycles. The van der Waals surface area contributed by atoms with Gasteiger partial charge in [-0.25, -0.2) is 9.59 Å². The number of ether oxygens (including phenoxy) is 2. The van der Waals surface area contributed by atoms with Crippen LogP contribution in [0.5, 0.6) is 0 Å². The Morgan fingerprint density at radius 1 is 1.06 bits per heavy atom. The molecule has 0 radical (unpaired) electrons. The molecule has 34 heavy (non-hydrogen) atoms. The van der Waals surface area contributed by atoms with Crippen LogP contribution >= 0.6 is 11.3 Å². The number of anilines is 2. The number of methoxy groups -OCH3 is 2. The van der Waals surface area contributed by atoms with E-state index >= 15 is 0 Å². The third-order valence-corrected chi connectivity index (χ3v) is 6.63. The van der Waals surface area contributed by atoms with Gasteiger partial charge in [0.15, 0.2) is 0 Å². The number of halogens is 3. The molecular weight excluding hydrogens is 475 g/mol. The Hall–Kier alpha value is -3.12. The van der Waals surface area contributed by atoms with E-state index in [-0.39, 0.29) is 22.0 Å². The summed E-state index contributed by atoms with van der Waals surface area (Å²) in [6.07, 6.45) is -4.41. The van der Waals surface area contributed by atoms with Crippen molar-refractivity contribution in [2.24, 2.45) is 0 Å².